The van der Waals surface area contributed by atoms with Gasteiger partial charge in [-0.15, -0.1) is 0 Å². The van der Waals surface area contributed by atoms with Crippen LogP contribution in [0.1, 0.15) is 20.8 Å². The Morgan fingerprint density at radius 3 is 2.40 bits per heavy atom. The summed E-state index contributed by atoms with van der Waals surface area (Å²) in [5.41, 5.74) is -2.74. The number of hydrogen-bond acceptors (Lipinski definition) is 6. The number of likely N-dealkylation sites (tertiary alicyclic amines) is 1. The second-order valence-electron chi connectivity index (χ2n) is 7.11. The van der Waals surface area contributed by atoms with Crippen LogP contribution in [0.25, 0.3) is 0 Å². The molecule has 1 aliphatic heterocycles. The van der Waals surface area contributed by atoms with Gasteiger partial charge >= 0.3 is 6.09 Å². The monoisotopic (exact) mass is 391 g/mol. The molecule has 1 aromatic carbocycles. The number of aliphatic hydroxyl groups excluding tert-OH is 1. The molecular formula is C16H22ClNO6S. The molecule has 2 atom stereocenters. The Bertz CT molecular complexity index is 743. The molecular weight excluding hydrogens is 370 g/mol. The molecule has 140 valence electrons. The molecule has 1 unspecified atom stereocenters. The summed E-state index contributed by atoms with van der Waals surface area (Å²) >= 11 is 5.78. The first-order valence-corrected chi connectivity index (χ1v) is 9.62. The molecule has 1 fully saturated rings. The largest absolute Gasteiger partial charge is 0.444 e. The zero-order valence-electron chi connectivity index (χ0n) is 14.3. The Hall–Kier alpha value is -1.35. The van der Waals surface area contributed by atoms with Gasteiger partial charge in [-0.2, -0.15) is 0 Å². The van der Waals surface area contributed by atoms with Crippen molar-refractivity contribution >= 4 is 27.5 Å². The molecule has 1 aromatic rings. The van der Waals surface area contributed by atoms with Gasteiger partial charge in [-0.3, -0.25) is 0 Å². The summed E-state index contributed by atoms with van der Waals surface area (Å²) in [6.07, 6.45) is -0.742. The summed E-state index contributed by atoms with van der Waals surface area (Å²) in [5.74, 6) is 0. The summed E-state index contributed by atoms with van der Waals surface area (Å²) < 4.78 is 31.0. The lowest BCUT2D eigenvalue weighted by Gasteiger charge is -2.26. The van der Waals surface area contributed by atoms with Crippen molar-refractivity contribution in [3.63, 3.8) is 0 Å². The summed E-state index contributed by atoms with van der Waals surface area (Å²) in [6.45, 7) is 3.63. The van der Waals surface area contributed by atoms with Crippen LogP contribution in [0.5, 0.6) is 0 Å². The highest BCUT2D eigenvalue weighted by molar-refractivity contribution is 7.92. The molecule has 9 heteroatoms. The van der Waals surface area contributed by atoms with Gasteiger partial charge in [0.25, 0.3) is 0 Å². The molecule has 0 saturated carbocycles. The number of rotatable bonds is 3. The highest BCUT2D eigenvalue weighted by atomic mass is 35.5. The van der Waals surface area contributed by atoms with Gasteiger partial charge in [-0.05, 0) is 45.0 Å². The maximum Gasteiger partial charge on any atom is 0.410 e. The van der Waals surface area contributed by atoms with Crippen LogP contribution < -0.4 is 0 Å². The minimum atomic E-state index is -4.00. The van der Waals surface area contributed by atoms with E-state index in [1.165, 1.54) is 24.3 Å². The Labute approximate surface area is 152 Å². The minimum absolute atomic E-state index is 0.0418. The summed E-state index contributed by atoms with van der Waals surface area (Å²) in [7, 11) is -4.00. The average Bonchev–Trinajstić information content (AvgIpc) is 2.85. The predicted molar refractivity (Wildman–Crippen MR) is 92.3 cm³/mol. The fourth-order valence-electron chi connectivity index (χ4n) is 2.66. The van der Waals surface area contributed by atoms with Gasteiger partial charge in [0.15, 0.2) is 9.84 Å². The van der Waals surface area contributed by atoms with E-state index in [1.807, 2.05) is 0 Å². The number of sulfone groups is 1. The third-order valence-corrected chi connectivity index (χ3v) is 6.41. The molecule has 0 bridgehead atoms. The van der Waals surface area contributed by atoms with Crippen molar-refractivity contribution in [2.24, 2.45) is 0 Å². The molecule has 7 nitrogen and oxygen atoms in total. The fraction of sp³-hybridized carbons (Fsp3) is 0.562. The van der Waals surface area contributed by atoms with E-state index < -0.39 is 39.0 Å². The number of β-amino-alcohol motifs (C(OH)–C–C–N with tert-alkyl or cyclic N) is 1. The van der Waals surface area contributed by atoms with Crippen LogP contribution in [0, 0.1) is 0 Å². The second-order valence-corrected chi connectivity index (χ2v) is 9.68. The summed E-state index contributed by atoms with van der Waals surface area (Å²) in [6, 6.07) is 5.50. The third-order valence-electron chi connectivity index (χ3n) is 3.89. The molecule has 2 N–H and O–H groups in total. The van der Waals surface area contributed by atoms with Crippen molar-refractivity contribution in [3.05, 3.63) is 29.3 Å². The standard InChI is InChI=1S/C16H22ClNO6S/c1-15(2,3)24-14(20)18-8-13(16(21,9-18)10-19)25(22,23)12-6-4-11(17)5-7-12/h4-7,13,19,21H,8-10H2,1-3H3/t13-,16?/m0/s1. The first-order valence-electron chi connectivity index (χ1n) is 7.70. The smallest absolute Gasteiger partial charge is 0.410 e. The van der Waals surface area contributed by atoms with Crippen molar-refractivity contribution in [1.82, 2.24) is 4.90 Å². The predicted octanol–water partition coefficient (Wildman–Crippen LogP) is 1.46. The molecule has 0 spiro atoms. The zero-order valence-corrected chi connectivity index (χ0v) is 15.8. The summed E-state index contributed by atoms with van der Waals surface area (Å²) in [4.78, 5) is 13.3. The normalized spacial score (nSPS) is 24.4. The molecule has 1 heterocycles. The molecule has 0 aliphatic carbocycles. The quantitative estimate of drug-likeness (QED) is 0.808. The van der Waals surface area contributed by atoms with E-state index in [9.17, 15) is 23.4 Å². The zero-order chi connectivity index (χ0) is 19.0. The lowest BCUT2D eigenvalue weighted by atomic mass is 10.1. The Balaban J connectivity index is 2.33. The minimum Gasteiger partial charge on any atom is -0.444 e. The van der Waals surface area contributed by atoms with E-state index in [0.717, 1.165) is 4.90 Å². The molecule has 25 heavy (non-hydrogen) atoms. The first-order chi connectivity index (χ1) is 11.4. The number of halogens is 1. The van der Waals surface area contributed by atoms with Gasteiger partial charge in [-0.25, -0.2) is 13.2 Å². The number of ether oxygens (including phenoxy) is 1. The van der Waals surface area contributed by atoms with Crippen molar-refractivity contribution in [1.29, 1.82) is 0 Å². The Morgan fingerprint density at radius 2 is 1.92 bits per heavy atom. The van der Waals surface area contributed by atoms with E-state index in [1.54, 1.807) is 20.8 Å². The van der Waals surface area contributed by atoms with Crippen LogP contribution in [0.15, 0.2) is 29.2 Å². The van der Waals surface area contributed by atoms with Crippen molar-refractivity contribution < 1.29 is 28.2 Å². The van der Waals surface area contributed by atoms with Gasteiger partial charge in [0.05, 0.1) is 18.0 Å². The van der Waals surface area contributed by atoms with Crippen LogP contribution in [0.3, 0.4) is 0 Å². The van der Waals surface area contributed by atoms with E-state index >= 15 is 0 Å². The van der Waals surface area contributed by atoms with E-state index in [0.29, 0.717) is 5.02 Å². The van der Waals surface area contributed by atoms with E-state index in [4.69, 9.17) is 16.3 Å². The van der Waals surface area contributed by atoms with Crippen molar-refractivity contribution in [3.8, 4) is 0 Å². The number of carbonyl (C=O) groups excluding carboxylic acids is 1. The lowest BCUT2D eigenvalue weighted by Crippen LogP contribution is -2.49. The number of aliphatic hydroxyl groups is 2. The highest BCUT2D eigenvalue weighted by Gasteiger charge is 2.54. The van der Waals surface area contributed by atoms with Crippen LogP contribution in [0.4, 0.5) is 4.79 Å². The number of nitrogens with zero attached hydrogens (tertiary/aromatic N) is 1. The van der Waals surface area contributed by atoms with Crippen molar-refractivity contribution in [2.45, 2.75) is 42.1 Å². The maximum atomic E-state index is 12.9. The molecule has 1 saturated heterocycles. The first kappa shape index (κ1) is 20.0. The van der Waals surface area contributed by atoms with Crippen LogP contribution in [0.2, 0.25) is 5.02 Å². The highest BCUT2D eigenvalue weighted by Crippen LogP contribution is 2.32. The van der Waals surface area contributed by atoms with E-state index in [-0.39, 0.29) is 18.0 Å². The fourth-order valence-corrected chi connectivity index (χ4v) is 4.73. The Kier molecular flexibility index (Phi) is 5.39. The van der Waals surface area contributed by atoms with E-state index in [2.05, 4.69) is 0 Å². The van der Waals surface area contributed by atoms with Crippen molar-refractivity contribution in [2.75, 3.05) is 19.7 Å². The van der Waals surface area contributed by atoms with Gasteiger partial charge in [0.2, 0.25) is 0 Å². The number of amides is 1. The average molecular weight is 392 g/mol. The third kappa shape index (κ3) is 4.25. The maximum absolute atomic E-state index is 12.9. The topological polar surface area (TPSA) is 104 Å². The lowest BCUT2D eigenvalue weighted by molar-refractivity contribution is -0.0108. The SMILES string of the molecule is CC(C)(C)OC(=O)N1C[C@H](S(=O)(=O)c2ccc(Cl)cc2)C(O)(CO)C1. The van der Waals surface area contributed by atoms with Gasteiger partial charge in [0, 0.05) is 11.6 Å². The molecule has 2 rings (SSSR count). The van der Waals surface area contributed by atoms with Crippen LogP contribution in [-0.4, -0.2) is 65.8 Å². The van der Waals surface area contributed by atoms with Gasteiger partial charge < -0.3 is 19.8 Å². The number of benzene rings is 1. The summed E-state index contributed by atoms with van der Waals surface area (Å²) in [5, 5.41) is 19.2. The molecule has 0 radical (unpaired) electrons. The number of hydrogen-bond donors (Lipinski definition) is 2. The second kappa shape index (κ2) is 6.75. The Morgan fingerprint density at radius 1 is 1.36 bits per heavy atom. The van der Waals surface area contributed by atoms with Crippen LogP contribution >= 0.6 is 11.6 Å². The number of carbonyl (C=O) groups is 1. The molecule has 0 aromatic heterocycles. The molecule has 1 amide bonds. The van der Waals surface area contributed by atoms with Gasteiger partial charge in [-0.1, -0.05) is 11.6 Å². The van der Waals surface area contributed by atoms with Crippen LogP contribution in [-0.2, 0) is 14.6 Å². The molecule has 1 aliphatic rings. The van der Waals surface area contributed by atoms with Gasteiger partial charge in [0.1, 0.15) is 16.5 Å².